The van der Waals surface area contributed by atoms with Crippen molar-refractivity contribution in [2.75, 3.05) is 0 Å². The zero-order valence-corrected chi connectivity index (χ0v) is 21.5. The predicted molar refractivity (Wildman–Crippen MR) is 134 cm³/mol. The van der Waals surface area contributed by atoms with E-state index in [1.54, 1.807) is 12.1 Å². The summed E-state index contributed by atoms with van der Waals surface area (Å²) in [6, 6.07) is 13.2. The number of hydrogen-bond donors (Lipinski definition) is 0. The molecule has 2 heterocycles. The van der Waals surface area contributed by atoms with Crippen LogP contribution in [0.1, 0.15) is 49.2 Å². The topological polar surface area (TPSA) is 52.6 Å². The molecule has 2 aromatic carbocycles. The minimum Gasteiger partial charge on any atom is -0.458 e. The molecule has 0 fully saturated rings. The SMILES string of the molecule is CC.CC.O=C1OC2(C3=C(Oc4c(I)cccc42)C(I)C(=O)C=C3)c2ccccc21. The average Bonchev–Trinajstić information content (AvgIpc) is 3.08. The van der Waals surface area contributed by atoms with Crippen molar-refractivity contribution in [3.63, 3.8) is 0 Å². The Kier molecular flexibility index (Phi) is 7.06. The summed E-state index contributed by atoms with van der Waals surface area (Å²) in [4.78, 5) is 24.9. The van der Waals surface area contributed by atoms with Gasteiger partial charge < -0.3 is 9.47 Å². The van der Waals surface area contributed by atoms with E-state index in [9.17, 15) is 9.59 Å². The standard InChI is InChI=1S/C20H10I2O4.2C2H6/c21-14-7-3-6-12-17(14)25-18-13(8-9-15(23)16(18)22)20(12)11-5-2-1-4-10(11)19(24)26-20;2*1-2/h1-9,16H;2*1-2H3. The molecule has 0 radical (unpaired) electrons. The molecule has 2 unspecified atom stereocenters. The number of esters is 1. The summed E-state index contributed by atoms with van der Waals surface area (Å²) in [6.45, 7) is 8.00. The molecule has 0 amide bonds. The van der Waals surface area contributed by atoms with Gasteiger partial charge in [-0.3, -0.25) is 4.79 Å². The number of carbonyl (C=O) groups excluding carboxylic acids is 2. The molecule has 1 aliphatic carbocycles. The quantitative estimate of drug-likeness (QED) is 0.194. The predicted octanol–water partition coefficient (Wildman–Crippen LogP) is 6.35. The lowest BCUT2D eigenvalue weighted by Crippen LogP contribution is -2.39. The summed E-state index contributed by atoms with van der Waals surface area (Å²) < 4.78 is 12.7. The summed E-state index contributed by atoms with van der Waals surface area (Å²) >= 11 is 4.28. The van der Waals surface area contributed by atoms with Crippen molar-refractivity contribution in [1.82, 2.24) is 0 Å². The first-order chi connectivity index (χ1) is 14.5. The van der Waals surface area contributed by atoms with E-state index >= 15 is 0 Å². The van der Waals surface area contributed by atoms with Crippen molar-refractivity contribution in [2.45, 2.75) is 37.2 Å². The number of carbonyl (C=O) groups is 2. The first kappa shape index (κ1) is 23.0. The number of benzene rings is 2. The summed E-state index contributed by atoms with van der Waals surface area (Å²) in [7, 11) is 0. The third kappa shape index (κ3) is 3.32. The molecule has 0 N–H and O–H groups in total. The highest BCUT2D eigenvalue weighted by atomic mass is 127. The number of rotatable bonds is 0. The zero-order chi connectivity index (χ0) is 22.1. The first-order valence-electron chi connectivity index (χ1n) is 9.94. The molecule has 5 rings (SSSR count). The van der Waals surface area contributed by atoms with Gasteiger partial charge >= 0.3 is 5.97 Å². The molecule has 2 aliphatic heterocycles. The number of ketones is 1. The van der Waals surface area contributed by atoms with Crippen molar-refractivity contribution in [1.29, 1.82) is 0 Å². The maximum absolute atomic E-state index is 12.7. The van der Waals surface area contributed by atoms with E-state index in [0.717, 1.165) is 14.7 Å². The third-order valence-corrected chi connectivity index (χ3v) is 6.90. The number of fused-ring (bicyclic) bond motifs is 5. The van der Waals surface area contributed by atoms with Gasteiger partial charge in [-0.2, -0.15) is 0 Å². The molecule has 1 spiro atoms. The Labute approximate surface area is 204 Å². The smallest absolute Gasteiger partial charge is 0.340 e. The molecule has 3 aliphatic rings. The van der Waals surface area contributed by atoms with Gasteiger partial charge in [-0.1, -0.05) is 80.6 Å². The fourth-order valence-electron chi connectivity index (χ4n) is 3.76. The zero-order valence-electron chi connectivity index (χ0n) is 17.2. The Bertz CT molecular complexity index is 1070. The van der Waals surface area contributed by atoms with Crippen molar-refractivity contribution < 1.29 is 19.1 Å². The monoisotopic (exact) mass is 628 g/mol. The van der Waals surface area contributed by atoms with Crippen molar-refractivity contribution in [2.24, 2.45) is 0 Å². The highest BCUT2D eigenvalue weighted by Gasteiger charge is 2.55. The molecule has 30 heavy (non-hydrogen) atoms. The summed E-state index contributed by atoms with van der Waals surface area (Å²) in [6.07, 6.45) is 3.26. The third-order valence-electron chi connectivity index (χ3n) is 4.87. The van der Waals surface area contributed by atoms with Gasteiger partial charge in [-0.05, 0) is 46.9 Å². The molecule has 2 atom stereocenters. The number of hydrogen-bond acceptors (Lipinski definition) is 4. The van der Waals surface area contributed by atoms with Crippen molar-refractivity contribution >= 4 is 56.9 Å². The van der Waals surface area contributed by atoms with Crippen LogP contribution in [0.4, 0.5) is 0 Å². The minimum absolute atomic E-state index is 0.0357. The van der Waals surface area contributed by atoms with Crippen LogP contribution in [-0.2, 0) is 15.1 Å². The number of allylic oxidation sites excluding steroid dienone is 2. The van der Waals surface area contributed by atoms with Crippen LogP contribution in [0.15, 0.2) is 65.9 Å². The largest absolute Gasteiger partial charge is 0.458 e. The molecule has 0 bridgehead atoms. The minimum atomic E-state index is -1.08. The van der Waals surface area contributed by atoms with Crippen LogP contribution in [-0.4, -0.2) is 15.7 Å². The van der Waals surface area contributed by atoms with E-state index in [4.69, 9.17) is 9.47 Å². The molecule has 0 saturated carbocycles. The van der Waals surface area contributed by atoms with Crippen LogP contribution < -0.4 is 4.74 Å². The molecular weight excluding hydrogens is 606 g/mol. The van der Waals surface area contributed by atoms with E-state index in [1.807, 2.05) is 64.1 Å². The van der Waals surface area contributed by atoms with Gasteiger partial charge in [-0.15, -0.1) is 0 Å². The van der Waals surface area contributed by atoms with E-state index in [2.05, 4.69) is 45.2 Å². The van der Waals surface area contributed by atoms with Crippen LogP contribution in [0.25, 0.3) is 0 Å². The van der Waals surface area contributed by atoms with Crippen molar-refractivity contribution in [3.8, 4) is 5.75 Å². The normalized spacial score (nSPS) is 22.5. The van der Waals surface area contributed by atoms with Crippen LogP contribution in [0.5, 0.6) is 5.75 Å². The molecule has 2 aromatic rings. The van der Waals surface area contributed by atoms with Crippen LogP contribution in [0.2, 0.25) is 0 Å². The summed E-state index contributed by atoms with van der Waals surface area (Å²) in [5.41, 5.74) is 1.74. The highest BCUT2D eigenvalue weighted by molar-refractivity contribution is 14.1. The fourth-order valence-corrected chi connectivity index (χ4v) is 5.04. The van der Waals surface area contributed by atoms with Gasteiger partial charge in [0.1, 0.15) is 15.4 Å². The van der Waals surface area contributed by atoms with Gasteiger partial charge in [0.25, 0.3) is 0 Å². The Balaban J connectivity index is 0.000000606. The molecule has 4 nitrogen and oxygen atoms in total. The fraction of sp³-hybridized carbons (Fsp3) is 0.250. The lowest BCUT2D eigenvalue weighted by Gasteiger charge is -2.39. The summed E-state index contributed by atoms with van der Waals surface area (Å²) in [5.74, 6) is 0.779. The van der Waals surface area contributed by atoms with Crippen molar-refractivity contribution in [3.05, 3.63) is 86.2 Å². The van der Waals surface area contributed by atoms with E-state index in [0.29, 0.717) is 22.6 Å². The second-order valence-corrected chi connectivity index (χ2v) is 8.62. The maximum atomic E-state index is 12.7. The number of alkyl halides is 1. The summed E-state index contributed by atoms with van der Waals surface area (Å²) in [5, 5.41) is 0. The van der Waals surface area contributed by atoms with Gasteiger partial charge in [0, 0.05) is 16.7 Å². The Morgan fingerprint density at radius 3 is 2.30 bits per heavy atom. The molecule has 156 valence electrons. The average molecular weight is 628 g/mol. The molecule has 0 saturated heterocycles. The van der Waals surface area contributed by atoms with Gasteiger partial charge in [0.15, 0.2) is 11.4 Å². The molecule has 0 aromatic heterocycles. The van der Waals surface area contributed by atoms with Gasteiger partial charge in [0.05, 0.1) is 9.13 Å². The van der Waals surface area contributed by atoms with Gasteiger partial charge in [-0.25, -0.2) is 4.79 Å². The lowest BCUT2D eigenvalue weighted by atomic mass is 9.75. The van der Waals surface area contributed by atoms with E-state index < -0.39 is 9.53 Å². The first-order valence-corrected chi connectivity index (χ1v) is 12.3. The number of para-hydroxylation sites is 1. The lowest BCUT2D eigenvalue weighted by molar-refractivity contribution is -0.113. The Hall–Kier alpha value is -1.68. The number of halogens is 2. The second kappa shape index (κ2) is 9.21. The van der Waals surface area contributed by atoms with Crippen LogP contribution in [0.3, 0.4) is 0 Å². The van der Waals surface area contributed by atoms with Gasteiger partial charge in [0.2, 0.25) is 0 Å². The molecule has 6 heteroatoms. The van der Waals surface area contributed by atoms with E-state index in [1.165, 1.54) is 6.08 Å². The second-order valence-electron chi connectivity index (χ2n) is 6.21. The maximum Gasteiger partial charge on any atom is 0.340 e. The highest BCUT2D eigenvalue weighted by Crippen LogP contribution is 2.56. The number of ether oxygens (including phenoxy) is 2. The van der Waals surface area contributed by atoms with Crippen LogP contribution >= 0.6 is 45.2 Å². The Morgan fingerprint density at radius 1 is 0.900 bits per heavy atom. The Morgan fingerprint density at radius 2 is 1.57 bits per heavy atom. The van der Waals surface area contributed by atoms with E-state index in [-0.39, 0.29) is 11.8 Å². The molecular formula is C24H22I2O4. The van der Waals surface area contributed by atoms with Crippen LogP contribution in [0, 0.1) is 3.57 Å².